The number of amides is 1. The van der Waals surface area contributed by atoms with Crippen LogP contribution in [-0.2, 0) is 17.9 Å². The molecule has 0 saturated carbocycles. The number of piperidine rings is 1. The van der Waals surface area contributed by atoms with Gasteiger partial charge in [-0.3, -0.25) is 14.7 Å². The second-order valence-electron chi connectivity index (χ2n) is 7.34. The second-order valence-corrected chi connectivity index (χ2v) is 7.34. The summed E-state index contributed by atoms with van der Waals surface area (Å²) >= 11 is 0. The summed E-state index contributed by atoms with van der Waals surface area (Å²) in [7, 11) is 0. The fraction of sp³-hybridized carbons (Fsp3) is 0.478. The maximum absolute atomic E-state index is 12.7. The summed E-state index contributed by atoms with van der Waals surface area (Å²) in [6.45, 7) is 8.90. The Hall–Kier alpha value is -2.40. The number of carbonyl (C=O) groups is 1. The highest BCUT2D eigenvalue weighted by Gasteiger charge is 2.28. The molecule has 150 valence electrons. The van der Waals surface area contributed by atoms with Crippen molar-refractivity contribution in [3.8, 4) is 5.75 Å². The van der Waals surface area contributed by atoms with E-state index in [1.54, 1.807) is 6.20 Å². The highest BCUT2D eigenvalue weighted by atomic mass is 16.5. The molecule has 0 radical (unpaired) electrons. The van der Waals surface area contributed by atoms with E-state index < -0.39 is 0 Å². The number of hydrogen-bond acceptors (Lipinski definition) is 4. The zero-order valence-electron chi connectivity index (χ0n) is 17.0. The average molecular weight is 382 g/mol. The Morgan fingerprint density at radius 1 is 1.21 bits per heavy atom. The second kappa shape index (κ2) is 10.2. The van der Waals surface area contributed by atoms with Crippen molar-refractivity contribution in [2.75, 3.05) is 26.2 Å². The van der Waals surface area contributed by atoms with Crippen LogP contribution >= 0.6 is 0 Å². The predicted molar refractivity (Wildman–Crippen MR) is 111 cm³/mol. The fourth-order valence-corrected chi connectivity index (χ4v) is 3.83. The van der Waals surface area contributed by atoms with Crippen LogP contribution in [0.1, 0.15) is 37.9 Å². The van der Waals surface area contributed by atoms with Crippen LogP contribution in [0.25, 0.3) is 0 Å². The van der Waals surface area contributed by atoms with E-state index in [1.807, 2.05) is 35.2 Å². The first-order valence-electron chi connectivity index (χ1n) is 10.3. The molecule has 1 saturated heterocycles. The Bertz CT molecular complexity index is 747. The monoisotopic (exact) mass is 381 g/mol. The van der Waals surface area contributed by atoms with E-state index >= 15 is 0 Å². The number of hydrogen-bond donors (Lipinski definition) is 0. The van der Waals surface area contributed by atoms with Gasteiger partial charge in [0.15, 0.2) is 0 Å². The third-order valence-corrected chi connectivity index (χ3v) is 5.35. The van der Waals surface area contributed by atoms with E-state index in [2.05, 4.69) is 35.9 Å². The molecule has 1 fully saturated rings. The van der Waals surface area contributed by atoms with Crippen LogP contribution in [-0.4, -0.2) is 46.9 Å². The summed E-state index contributed by atoms with van der Waals surface area (Å²) in [4.78, 5) is 21.4. The number of nitrogens with zero attached hydrogens (tertiary/aromatic N) is 3. The standard InChI is InChI=1S/C23H31N3O2/c1-3-26(4-2)23(27)20-10-8-14-25(17-20)16-19-9-7-12-22(15-19)28-18-21-11-5-6-13-24-21/h5-7,9,11-13,15,20H,3-4,8,10,14,16-18H2,1-2H3. The highest BCUT2D eigenvalue weighted by Crippen LogP contribution is 2.22. The minimum absolute atomic E-state index is 0.122. The van der Waals surface area contributed by atoms with Crippen LogP contribution in [0, 0.1) is 5.92 Å². The van der Waals surface area contributed by atoms with Crippen LogP contribution in [0.3, 0.4) is 0 Å². The molecule has 0 N–H and O–H groups in total. The fourth-order valence-electron chi connectivity index (χ4n) is 3.83. The van der Waals surface area contributed by atoms with Gasteiger partial charge in [0.1, 0.15) is 12.4 Å². The van der Waals surface area contributed by atoms with Crippen LogP contribution in [0.4, 0.5) is 0 Å². The van der Waals surface area contributed by atoms with Gasteiger partial charge in [-0.25, -0.2) is 0 Å². The lowest BCUT2D eigenvalue weighted by molar-refractivity contribution is -0.137. The molecule has 0 bridgehead atoms. The van der Waals surface area contributed by atoms with Gasteiger partial charge in [-0.1, -0.05) is 18.2 Å². The zero-order chi connectivity index (χ0) is 19.8. The zero-order valence-corrected chi connectivity index (χ0v) is 17.0. The molecule has 2 aromatic rings. The third-order valence-electron chi connectivity index (χ3n) is 5.35. The molecule has 0 aliphatic carbocycles. The van der Waals surface area contributed by atoms with Crippen molar-refractivity contribution < 1.29 is 9.53 Å². The summed E-state index contributed by atoms with van der Waals surface area (Å²) in [6, 6.07) is 14.1. The van der Waals surface area contributed by atoms with Gasteiger partial charge in [-0.15, -0.1) is 0 Å². The van der Waals surface area contributed by atoms with Gasteiger partial charge in [0.05, 0.1) is 11.6 Å². The van der Waals surface area contributed by atoms with E-state index in [9.17, 15) is 4.79 Å². The lowest BCUT2D eigenvalue weighted by atomic mass is 9.96. The van der Waals surface area contributed by atoms with E-state index in [-0.39, 0.29) is 5.92 Å². The van der Waals surface area contributed by atoms with Gasteiger partial charge in [-0.2, -0.15) is 0 Å². The average Bonchev–Trinajstić information content (AvgIpc) is 2.74. The molecule has 5 heteroatoms. The molecule has 1 amide bonds. The van der Waals surface area contributed by atoms with Gasteiger partial charge >= 0.3 is 0 Å². The van der Waals surface area contributed by atoms with E-state index in [0.29, 0.717) is 12.5 Å². The first kappa shape index (κ1) is 20.3. The van der Waals surface area contributed by atoms with Crippen LogP contribution in [0.2, 0.25) is 0 Å². The van der Waals surface area contributed by atoms with Crippen LogP contribution < -0.4 is 4.74 Å². The first-order chi connectivity index (χ1) is 13.7. The Kier molecular flexibility index (Phi) is 7.43. The Labute approximate surface area is 168 Å². The number of rotatable bonds is 8. The number of aromatic nitrogens is 1. The minimum Gasteiger partial charge on any atom is -0.487 e. The SMILES string of the molecule is CCN(CC)C(=O)C1CCCN(Cc2cccc(OCc3ccccn3)c2)C1. The van der Waals surface area contributed by atoms with Gasteiger partial charge in [0.2, 0.25) is 5.91 Å². The van der Waals surface area contributed by atoms with E-state index in [0.717, 1.165) is 57.0 Å². The van der Waals surface area contributed by atoms with Gasteiger partial charge in [-0.05, 0) is 63.1 Å². The number of pyridine rings is 1. The largest absolute Gasteiger partial charge is 0.487 e. The van der Waals surface area contributed by atoms with Crippen LogP contribution in [0.5, 0.6) is 5.75 Å². The van der Waals surface area contributed by atoms with Crippen molar-refractivity contribution >= 4 is 5.91 Å². The van der Waals surface area contributed by atoms with Crippen molar-refractivity contribution in [2.45, 2.75) is 39.8 Å². The molecule has 28 heavy (non-hydrogen) atoms. The highest BCUT2D eigenvalue weighted by molar-refractivity contribution is 5.79. The molecule has 0 spiro atoms. The summed E-state index contributed by atoms with van der Waals surface area (Å²) < 4.78 is 5.90. The lowest BCUT2D eigenvalue weighted by Gasteiger charge is -2.34. The molecule has 1 aromatic heterocycles. The molecular formula is C23H31N3O2. The van der Waals surface area contributed by atoms with E-state index in [4.69, 9.17) is 4.74 Å². The molecule has 1 aliphatic heterocycles. The number of carbonyl (C=O) groups excluding carboxylic acids is 1. The first-order valence-corrected chi connectivity index (χ1v) is 10.3. The Morgan fingerprint density at radius 2 is 2.07 bits per heavy atom. The van der Waals surface area contributed by atoms with Gasteiger partial charge < -0.3 is 9.64 Å². The maximum Gasteiger partial charge on any atom is 0.226 e. The molecule has 3 rings (SSSR count). The van der Waals surface area contributed by atoms with Crippen molar-refractivity contribution in [1.29, 1.82) is 0 Å². The summed E-state index contributed by atoms with van der Waals surface area (Å²) in [5, 5.41) is 0. The maximum atomic E-state index is 12.7. The molecule has 5 nitrogen and oxygen atoms in total. The molecule has 1 aromatic carbocycles. The smallest absolute Gasteiger partial charge is 0.226 e. The van der Waals surface area contributed by atoms with Gasteiger partial charge in [0.25, 0.3) is 0 Å². The number of benzene rings is 1. The van der Waals surface area contributed by atoms with Crippen molar-refractivity contribution in [2.24, 2.45) is 5.92 Å². The normalized spacial score (nSPS) is 17.3. The minimum atomic E-state index is 0.122. The third kappa shape index (κ3) is 5.55. The molecule has 2 heterocycles. The van der Waals surface area contributed by atoms with Crippen molar-refractivity contribution in [1.82, 2.24) is 14.8 Å². The number of ether oxygens (including phenoxy) is 1. The Balaban J connectivity index is 1.56. The van der Waals surface area contributed by atoms with Crippen LogP contribution in [0.15, 0.2) is 48.7 Å². The lowest BCUT2D eigenvalue weighted by Crippen LogP contribution is -2.44. The van der Waals surface area contributed by atoms with Gasteiger partial charge in [0, 0.05) is 32.4 Å². The predicted octanol–water partition coefficient (Wildman–Crippen LogP) is 3.74. The molecule has 1 aliphatic rings. The molecule has 1 unspecified atom stereocenters. The summed E-state index contributed by atoms with van der Waals surface area (Å²) in [5.74, 6) is 1.29. The van der Waals surface area contributed by atoms with Crippen molar-refractivity contribution in [3.63, 3.8) is 0 Å². The molecule has 1 atom stereocenters. The topological polar surface area (TPSA) is 45.7 Å². The molecular weight excluding hydrogens is 350 g/mol. The van der Waals surface area contributed by atoms with Crippen molar-refractivity contribution in [3.05, 3.63) is 59.9 Å². The van der Waals surface area contributed by atoms with E-state index in [1.165, 1.54) is 5.56 Å². The summed E-state index contributed by atoms with van der Waals surface area (Å²) in [6.07, 6.45) is 3.86. The summed E-state index contributed by atoms with van der Waals surface area (Å²) in [5.41, 5.74) is 2.14. The quantitative estimate of drug-likeness (QED) is 0.699. The number of likely N-dealkylation sites (tertiary alicyclic amines) is 1. The Morgan fingerprint density at radius 3 is 2.82 bits per heavy atom.